The molecule has 1 aliphatic rings. The molecule has 1 unspecified atom stereocenters. The van der Waals surface area contributed by atoms with Gasteiger partial charge in [0.1, 0.15) is 0 Å². The first-order valence-corrected chi connectivity index (χ1v) is 5.11. The smallest absolute Gasteiger partial charge is 0.0985 e. The zero-order valence-electron chi connectivity index (χ0n) is 8.94. The van der Waals surface area contributed by atoms with E-state index in [-0.39, 0.29) is 0 Å². The van der Waals surface area contributed by atoms with Crippen molar-refractivity contribution in [2.45, 2.75) is 39.8 Å². The summed E-state index contributed by atoms with van der Waals surface area (Å²) in [5, 5.41) is 0. The van der Waals surface area contributed by atoms with Crippen molar-refractivity contribution in [2.75, 3.05) is 19.6 Å². The highest BCUT2D eigenvalue weighted by molar-refractivity contribution is 5.14. The molecular formula is C11H20FN. The quantitative estimate of drug-likeness (QED) is 0.611. The van der Waals surface area contributed by atoms with Gasteiger partial charge in [0.2, 0.25) is 0 Å². The molecule has 1 aliphatic heterocycles. The number of rotatable bonds is 3. The lowest BCUT2D eigenvalue weighted by atomic mass is 10.0. The lowest BCUT2D eigenvalue weighted by Gasteiger charge is -2.28. The van der Waals surface area contributed by atoms with Crippen molar-refractivity contribution in [1.29, 1.82) is 0 Å². The Morgan fingerprint density at radius 2 is 2.08 bits per heavy atom. The first-order valence-electron chi connectivity index (χ1n) is 5.11. The fourth-order valence-electron chi connectivity index (χ4n) is 1.64. The minimum atomic E-state index is -0.660. The van der Waals surface area contributed by atoms with Crippen LogP contribution in [-0.4, -0.2) is 30.7 Å². The molecule has 1 nitrogen and oxygen atoms in total. The van der Waals surface area contributed by atoms with Gasteiger partial charge in [-0.25, -0.2) is 4.39 Å². The van der Waals surface area contributed by atoms with Crippen molar-refractivity contribution in [1.82, 2.24) is 4.90 Å². The highest BCUT2D eigenvalue weighted by Gasteiger charge is 2.13. The predicted octanol–water partition coefficient (Wildman–Crippen LogP) is 2.78. The van der Waals surface area contributed by atoms with Crippen LogP contribution < -0.4 is 0 Å². The van der Waals surface area contributed by atoms with Crippen LogP contribution in [0.1, 0.15) is 33.6 Å². The lowest BCUT2D eigenvalue weighted by Crippen LogP contribution is -2.32. The molecule has 0 fully saturated rings. The standard InChI is InChI=1S/C11H20FN/c1-9-4-6-13(8-10(9)2)7-5-11(3)12/h11H,4-8H2,1-3H3. The van der Waals surface area contributed by atoms with Crippen molar-refractivity contribution in [3.05, 3.63) is 11.1 Å². The van der Waals surface area contributed by atoms with E-state index in [0.717, 1.165) is 26.1 Å². The summed E-state index contributed by atoms with van der Waals surface area (Å²) in [4.78, 5) is 2.35. The molecule has 0 saturated carbocycles. The van der Waals surface area contributed by atoms with E-state index >= 15 is 0 Å². The van der Waals surface area contributed by atoms with Crippen molar-refractivity contribution in [3.63, 3.8) is 0 Å². The number of halogens is 1. The molecule has 0 radical (unpaired) electrons. The van der Waals surface area contributed by atoms with E-state index in [1.807, 2.05) is 0 Å². The van der Waals surface area contributed by atoms with Gasteiger partial charge in [0, 0.05) is 19.6 Å². The molecule has 1 rings (SSSR count). The third-order valence-corrected chi connectivity index (χ3v) is 2.84. The van der Waals surface area contributed by atoms with Gasteiger partial charge in [-0.05, 0) is 33.6 Å². The van der Waals surface area contributed by atoms with Gasteiger partial charge >= 0.3 is 0 Å². The number of hydrogen-bond acceptors (Lipinski definition) is 1. The van der Waals surface area contributed by atoms with E-state index in [0.29, 0.717) is 6.42 Å². The Morgan fingerprint density at radius 3 is 2.62 bits per heavy atom. The summed E-state index contributed by atoms with van der Waals surface area (Å²) < 4.78 is 12.6. The molecule has 0 spiro atoms. The summed E-state index contributed by atoms with van der Waals surface area (Å²) in [6.45, 7) is 9.07. The number of alkyl halides is 1. The van der Waals surface area contributed by atoms with Crippen LogP contribution in [0.25, 0.3) is 0 Å². The van der Waals surface area contributed by atoms with E-state index in [1.54, 1.807) is 6.92 Å². The van der Waals surface area contributed by atoms with Gasteiger partial charge in [-0.1, -0.05) is 11.1 Å². The fourth-order valence-corrected chi connectivity index (χ4v) is 1.64. The Labute approximate surface area is 80.6 Å². The first-order chi connectivity index (χ1) is 6.09. The van der Waals surface area contributed by atoms with Crippen LogP contribution in [-0.2, 0) is 0 Å². The first kappa shape index (κ1) is 10.7. The second-order valence-corrected chi connectivity index (χ2v) is 4.16. The Hall–Kier alpha value is -0.370. The molecule has 0 aromatic rings. The number of hydrogen-bond donors (Lipinski definition) is 0. The van der Waals surface area contributed by atoms with E-state index in [4.69, 9.17) is 0 Å². The van der Waals surface area contributed by atoms with Crippen LogP contribution in [0.3, 0.4) is 0 Å². The summed E-state index contributed by atoms with van der Waals surface area (Å²) in [5.41, 5.74) is 2.99. The Kier molecular flexibility index (Phi) is 3.91. The summed E-state index contributed by atoms with van der Waals surface area (Å²) in [6, 6.07) is 0. The summed E-state index contributed by atoms with van der Waals surface area (Å²) in [7, 11) is 0. The van der Waals surface area contributed by atoms with E-state index < -0.39 is 6.17 Å². The molecule has 1 heterocycles. The lowest BCUT2D eigenvalue weighted by molar-refractivity contribution is 0.239. The molecule has 1 atom stereocenters. The largest absolute Gasteiger partial charge is 0.299 e. The molecule has 0 aromatic carbocycles. The van der Waals surface area contributed by atoms with Gasteiger partial charge in [0.05, 0.1) is 6.17 Å². The zero-order chi connectivity index (χ0) is 9.84. The molecule has 13 heavy (non-hydrogen) atoms. The second kappa shape index (κ2) is 4.75. The van der Waals surface area contributed by atoms with Gasteiger partial charge in [0.25, 0.3) is 0 Å². The summed E-state index contributed by atoms with van der Waals surface area (Å²) in [5.74, 6) is 0. The van der Waals surface area contributed by atoms with Gasteiger partial charge in [-0.15, -0.1) is 0 Å². The average molecular weight is 185 g/mol. The predicted molar refractivity (Wildman–Crippen MR) is 54.6 cm³/mol. The van der Waals surface area contributed by atoms with Crippen molar-refractivity contribution >= 4 is 0 Å². The maximum atomic E-state index is 12.6. The van der Waals surface area contributed by atoms with E-state index in [1.165, 1.54) is 11.1 Å². The van der Waals surface area contributed by atoms with Crippen LogP contribution in [0.2, 0.25) is 0 Å². The molecule has 0 aliphatic carbocycles. The second-order valence-electron chi connectivity index (χ2n) is 4.16. The third kappa shape index (κ3) is 3.47. The molecule has 0 bridgehead atoms. The summed E-state index contributed by atoms with van der Waals surface area (Å²) >= 11 is 0. The Balaban J connectivity index is 2.32. The van der Waals surface area contributed by atoms with E-state index in [2.05, 4.69) is 18.7 Å². The minimum absolute atomic E-state index is 0.660. The van der Waals surface area contributed by atoms with Crippen LogP contribution in [0.4, 0.5) is 4.39 Å². The third-order valence-electron chi connectivity index (χ3n) is 2.84. The van der Waals surface area contributed by atoms with Crippen molar-refractivity contribution in [3.8, 4) is 0 Å². The topological polar surface area (TPSA) is 3.24 Å². The van der Waals surface area contributed by atoms with Crippen LogP contribution in [0.15, 0.2) is 11.1 Å². The average Bonchev–Trinajstić information content (AvgIpc) is 2.07. The molecule has 76 valence electrons. The molecule has 0 saturated heterocycles. The van der Waals surface area contributed by atoms with E-state index in [9.17, 15) is 4.39 Å². The highest BCUT2D eigenvalue weighted by Crippen LogP contribution is 2.17. The van der Waals surface area contributed by atoms with Crippen LogP contribution in [0, 0.1) is 0 Å². The molecule has 0 aromatic heterocycles. The maximum absolute atomic E-state index is 12.6. The molecule has 2 heteroatoms. The monoisotopic (exact) mass is 185 g/mol. The van der Waals surface area contributed by atoms with Crippen LogP contribution in [0.5, 0.6) is 0 Å². The fraction of sp³-hybridized carbons (Fsp3) is 0.818. The normalized spacial score (nSPS) is 22.2. The van der Waals surface area contributed by atoms with Crippen molar-refractivity contribution in [2.24, 2.45) is 0 Å². The molecular weight excluding hydrogens is 165 g/mol. The van der Waals surface area contributed by atoms with Gasteiger partial charge in [-0.3, -0.25) is 4.90 Å². The Bertz CT molecular complexity index is 196. The maximum Gasteiger partial charge on any atom is 0.0985 e. The minimum Gasteiger partial charge on any atom is -0.299 e. The van der Waals surface area contributed by atoms with Gasteiger partial charge < -0.3 is 0 Å². The summed E-state index contributed by atoms with van der Waals surface area (Å²) in [6.07, 6.45) is 1.17. The Morgan fingerprint density at radius 1 is 1.38 bits per heavy atom. The molecule has 0 amide bonds. The van der Waals surface area contributed by atoms with Crippen molar-refractivity contribution < 1.29 is 4.39 Å². The van der Waals surface area contributed by atoms with Gasteiger partial charge in [-0.2, -0.15) is 0 Å². The molecule has 0 N–H and O–H groups in total. The zero-order valence-corrected chi connectivity index (χ0v) is 8.94. The SMILES string of the molecule is CC1=C(C)CN(CCC(C)F)CC1. The highest BCUT2D eigenvalue weighted by atomic mass is 19.1. The van der Waals surface area contributed by atoms with Crippen LogP contribution >= 0.6 is 0 Å². The van der Waals surface area contributed by atoms with Gasteiger partial charge in [0.15, 0.2) is 0 Å². The number of nitrogens with zero attached hydrogens (tertiary/aromatic N) is 1.